The van der Waals surface area contributed by atoms with Crippen LogP contribution in [0.5, 0.6) is 0 Å². The maximum absolute atomic E-state index is 11.1. The van der Waals surface area contributed by atoms with Gasteiger partial charge in [-0.05, 0) is 5.92 Å². The van der Waals surface area contributed by atoms with Crippen LogP contribution in [0.1, 0.15) is 19.8 Å². The Balaban J connectivity index is 2.81. The number of amides is 4. The van der Waals surface area contributed by atoms with Gasteiger partial charge in [0, 0.05) is 12.8 Å². The van der Waals surface area contributed by atoms with Crippen LogP contribution in [0.3, 0.4) is 0 Å². The number of urea groups is 1. The lowest BCUT2D eigenvalue weighted by molar-refractivity contribution is -0.145. The molecule has 0 radical (unpaired) electrons. The van der Waals surface area contributed by atoms with E-state index in [2.05, 4.69) is 0 Å². The van der Waals surface area contributed by atoms with Crippen LogP contribution in [0.15, 0.2) is 0 Å². The topological polar surface area (TPSA) is 80.5 Å². The molecule has 0 bridgehead atoms. The third kappa shape index (κ3) is 1.44. The lowest BCUT2D eigenvalue weighted by Gasteiger charge is -2.24. The van der Waals surface area contributed by atoms with E-state index in [1.807, 2.05) is 0 Å². The maximum atomic E-state index is 11.1. The average molecular weight is 170 g/mol. The van der Waals surface area contributed by atoms with Crippen LogP contribution in [0.25, 0.3) is 0 Å². The fourth-order valence-corrected chi connectivity index (χ4v) is 1.24. The lowest BCUT2D eigenvalue weighted by Crippen LogP contribution is -2.48. The van der Waals surface area contributed by atoms with E-state index in [0.717, 1.165) is 0 Å². The highest BCUT2D eigenvalue weighted by Crippen LogP contribution is 2.18. The van der Waals surface area contributed by atoms with Gasteiger partial charge in [0.2, 0.25) is 11.8 Å². The van der Waals surface area contributed by atoms with E-state index in [1.54, 1.807) is 6.92 Å². The molecule has 0 aromatic rings. The van der Waals surface area contributed by atoms with E-state index >= 15 is 0 Å². The van der Waals surface area contributed by atoms with Crippen molar-refractivity contribution in [3.63, 3.8) is 0 Å². The molecule has 1 aliphatic heterocycles. The van der Waals surface area contributed by atoms with Crippen LogP contribution in [-0.2, 0) is 9.59 Å². The van der Waals surface area contributed by atoms with Gasteiger partial charge in [-0.2, -0.15) is 0 Å². The van der Waals surface area contributed by atoms with Crippen LogP contribution in [0.4, 0.5) is 4.79 Å². The molecule has 0 aromatic heterocycles. The average Bonchev–Trinajstić information content (AvgIpc) is 1.82. The molecule has 0 unspecified atom stereocenters. The number of nitrogens with zero attached hydrogens (tertiary/aromatic N) is 1. The lowest BCUT2D eigenvalue weighted by atomic mass is 9.98. The van der Waals surface area contributed by atoms with Crippen molar-refractivity contribution in [3.05, 3.63) is 0 Å². The molecule has 0 spiro atoms. The van der Waals surface area contributed by atoms with Crippen LogP contribution in [0.2, 0.25) is 0 Å². The Morgan fingerprint density at radius 1 is 1.42 bits per heavy atom. The van der Waals surface area contributed by atoms with E-state index in [4.69, 9.17) is 5.73 Å². The van der Waals surface area contributed by atoms with Crippen molar-refractivity contribution in [3.8, 4) is 0 Å². The summed E-state index contributed by atoms with van der Waals surface area (Å²) in [7, 11) is 0. The summed E-state index contributed by atoms with van der Waals surface area (Å²) in [4.78, 5) is 33.2. The van der Waals surface area contributed by atoms with E-state index in [-0.39, 0.29) is 18.8 Å². The number of hydrogen-bond acceptors (Lipinski definition) is 3. The Labute approximate surface area is 69.5 Å². The predicted molar refractivity (Wildman–Crippen MR) is 39.8 cm³/mol. The Kier molecular flexibility index (Phi) is 2.12. The molecule has 1 heterocycles. The zero-order valence-electron chi connectivity index (χ0n) is 6.74. The summed E-state index contributed by atoms with van der Waals surface area (Å²) >= 11 is 0. The molecule has 0 atom stereocenters. The van der Waals surface area contributed by atoms with Gasteiger partial charge < -0.3 is 5.73 Å². The van der Waals surface area contributed by atoms with Crippen molar-refractivity contribution in [2.45, 2.75) is 19.8 Å². The largest absolute Gasteiger partial charge is 0.351 e. The third-order valence-corrected chi connectivity index (χ3v) is 1.77. The summed E-state index contributed by atoms with van der Waals surface area (Å²) < 4.78 is 0. The zero-order valence-corrected chi connectivity index (χ0v) is 6.74. The molecule has 0 aromatic carbocycles. The number of primary amides is 1. The van der Waals surface area contributed by atoms with E-state index in [1.165, 1.54) is 0 Å². The Morgan fingerprint density at radius 2 is 1.83 bits per heavy atom. The second-order valence-corrected chi connectivity index (χ2v) is 2.97. The molecule has 66 valence electrons. The number of nitrogens with two attached hydrogens (primary N) is 1. The standard InChI is InChI=1S/C7H10N2O3/c1-4-2-5(10)9(7(8)12)6(11)3-4/h4H,2-3H2,1H3,(H2,8,12). The minimum absolute atomic E-state index is 0.0144. The molecule has 1 fully saturated rings. The number of rotatable bonds is 0. The van der Waals surface area contributed by atoms with Crippen LogP contribution in [0, 0.1) is 5.92 Å². The molecule has 0 saturated carbocycles. The van der Waals surface area contributed by atoms with E-state index in [0.29, 0.717) is 4.90 Å². The summed E-state index contributed by atoms with van der Waals surface area (Å²) in [5.74, 6) is -0.974. The molecule has 5 heteroatoms. The fraction of sp³-hybridized carbons (Fsp3) is 0.571. The molecule has 2 N–H and O–H groups in total. The Bertz CT molecular complexity index is 231. The van der Waals surface area contributed by atoms with Crippen molar-refractivity contribution in [2.24, 2.45) is 11.7 Å². The summed E-state index contributed by atoms with van der Waals surface area (Å²) in [6.07, 6.45) is 0.434. The minimum Gasteiger partial charge on any atom is -0.351 e. The smallest absolute Gasteiger partial charge is 0.328 e. The van der Waals surface area contributed by atoms with Crippen molar-refractivity contribution in [1.29, 1.82) is 0 Å². The number of imide groups is 3. The predicted octanol–water partition coefficient (Wildman–Crippen LogP) is -0.150. The number of carbonyl (C=O) groups is 3. The summed E-state index contributed by atoms with van der Waals surface area (Å²) in [5.41, 5.74) is 4.84. The van der Waals surface area contributed by atoms with Gasteiger partial charge in [0.25, 0.3) is 0 Å². The van der Waals surface area contributed by atoms with Gasteiger partial charge in [0.05, 0.1) is 0 Å². The highest BCUT2D eigenvalue weighted by atomic mass is 16.2. The minimum atomic E-state index is -0.975. The Hall–Kier alpha value is -1.39. The molecular weight excluding hydrogens is 160 g/mol. The van der Waals surface area contributed by atoms with Crippen molar-refractivity contribution in [2.75, 3.05) is 0 Å². The summed E-state index contributed by atoms with van der Waals surface area (Å²) in [6, 6.07) is -0.975. The second-order valence-electron chi connectivity index (χ2n) is 2.97. The number of piperidine rings is 1. The van der Waals surface area contributed by atoms with Crippen LogP contribution < -0.4 is 5.73 Å². The first-order valence-electron chi connectivity index (χ1n) is 3.67. The number of hydrogen-bond donors (Lipinski definition) is 1. The molecule has 5 nitrogen and oxygen atoms in total. The number of carbonyl (C=O) groups excluding carboxylic acids is 3. The monoisotopic (exact) mass is 170 g/mol. The second kappa shape index (κ2) is 2.92. The van der Waals surface area contributed by atoms with Crippen LogP contribution in [-0.4, -0.2) is 22.7 Å². The molecular formula is C7H10N2O3. The van der Waals surface area contributed by atoms with E-state index < -0.39 is 17.8 Å². The van der Waals surface area contributed by atoms with Gasteiger partial charge in [0.15, 0.2) is 0 Å². The molecule has 0 aliphatic carbocycles. The van der Waals surface area contributed by atoms with Gasteiger partial charge >= 0.3 is 6.03 Å². The van der Waals surface area contributed by atoms with E-state index in [9.17, 15) is 14.4 Å². The molecule has 4 amide bonds. The van der Waals surface area contributed by atoms with Gasteiger partial charge in [-0.25, -0.2) is 9.69 Å². The maximum Gasteiger partial charge on any atom is 0.328 e. The van der Waals surface area contributed by atoms with Gasteiger partial charge in [0.1, 0.15) is 0 Å². The van der Waals surface area contributed by atoms with Gasteiger partial charge in [-0.15, -0.1) is 0 Å². The summed E-state index contributed by atoms with van der Waals surface area (Å²) in [5, 5.41) is 0. The normalized spacial score (nSPS) is 19.9. The van der Waals surface area contributed by atoms with Gasteiger partial charge in [-0.3, -0.25) is 9.59 Å². The SMILES string of the molecule is CC1CC(=O)N(C(N)=O)C(=O)C1. The summed E-state index contributed by atoms with van der Waals surface area (Å²) in [6.45, 7) is 1.79. The highest BCUT2D eigenvalue weighted by molar-refractivity contribution is 6.11. The number of likely N-dealkylation sites (tertiary alicyclic amines) is 1. The quantitative estimate of drug-likeness (QED) is 0.513. The zero-order chi connectivity index (χ0) is 9.30. The van der Waals surface area contributed by atoms with Crippen molar-refractivity contribution < 1.29 is 14.4 Å². The molecule has 1 saturated heterocycles. The van der Waals surface area contributed by atoms with Crippen molar-refractivity contribution in [1.82, 2.24) is 4.90 Å². The first kappa shape index (κ1) is 8.70. The van der Waals surface area contributed by atoms with Crippen LogP contribution >= 0.6 is 0 Å². The third-order valence-electron chi connectivity index (χ3n) is 1.77. The molecule has 12 heavy (non-hydrogen) atoms. The first-order valence-corrected chi connectivity index (χ1v) is 3.67. The van der Waals surface area contributed by atoms with Crippen molar-refractivity contribution >= 4 is 17.8 Å². The fourth-order valence-electron chi connectivity index (χ4n) is 1.24. The van der Waals surface area contributed by atoms with Gasteiger partial charge in [-0.1, -0.05) is 6.92 Å². The molecule has 1 rings (SSSR count). The highest BCUT2D eigenvalue weighted by Gasteiger charge is 2.33. The molecule has 1 aliphatic rings. The first-order chi connectivity index (χ1) is 5.52. The Morgan fingerprint density at radius 3 is 2.17 bits per heavy atom.